The first-order valence-electron chi connectivity index (χ1n) is 8.50. The number of rotatable bonds is 5. The Bertz CT molecular complexity index is 947. The number of nitrogens with zero attached hydrogens (tertiary/aromatic N) is 3. The normalized spacial score (nSPS) is 10.8. The zero-order chi connectivity index (χ0) is 18.7. The summed E-state index contributed by atoms with van der Waals surface area (Å²) in [6.07, 6.45) is 0. The van der Waals surface area contributed by atoms with E-state index in [1.165, 1.54) is 0 Å². The van der Waals surface area contributed by atoms with E-state index in [-0.39, 0.29) is 19.0 Å². The highest BCUT2D eigenvalue weighted by Crippen LogP contribution is 2.24. The number of aliphatic hydroxyl groups is 1. The first-order chi connectivity index (χ1) is 12.5. The van der Waals surface area contributed by atoms with Crippen molar-refractivity contribution in [3.05, 3.63) is 65.0 Å². The number of aliphatic hydroxyl groups excluding tert-OH is 1. The van der Waals surface area contributed by atoms with Crippen LogP contribution in [0.25, 0.3) is 17.1 Å². The smallest absolute Gasteiger partial charge is 0.291 e. The van der Waals surface area contributed by atoms with Crippen LogP contribution in [0.5, 0.6) is 0 Å². The van der Waals surface area contributed by atoms with Crippen molar-refractivity contribution in [2.24, 2.45) is 0 Å². The number of aryl methyl sites for hydroxylation is 3. The lowest BCUT2D eigenvalue weighted by Crippen LogP contribution is -2.27. The molecule has 0 spiro atoms. The number of benzene rings is 2. The molecule has 6 heteroatoms. The van der Waals surface area contributed by atoms with E-state index >= 15 is 0 Å². The van der Waals surface area contributed by atoms with Gasteiger partial charge in [-0.2, -0.15) is 0 Å². The molecule has 0 unspecified atom stereocenters. The number of hydrogen-bond donors (Lipinski definition) is 2. The van der Waals surface area contributed by atoms with Crippen LogP contribution >= 0.6 is 0 Å². The third-order valence-corrected chi connectivity index (χ3v) is 4.06. The molecule has 134 valence electrons. The topological polar surface area (TPSA) is 80.0 Å². The van der Waals surface area contributed by atoms with Gasteiger partial charge in [0.15, 0.2) is 5.82 Å². The van der Waals surface area contributed by atoms with Crippen LogP contribution in [0.4, 0.5) is 0 Å². The Morgan fingerprint density at radius 2 is 1.88 bits per heavy atom. The van der Waals surface area contributed by atoms with Gasteiger partial charge in [-0.15, -0.1) is 5.10 Å². The lowest BCUT2D eigenvalue weighted by Gasteiger charge is -2.10. The monoisotopic (exact) mass is 350 g/mol. The molecule has 0 atom stereocenters. The fourth-order valence-electron chi connectivity index (χ4n) is 2.84. The van der Waals surface area contributed by atoms with Crippen molar-refractivity contribution in [3.63, 3.8) is 0 Å². The van der Waals surface area contributed by atoms with Crippen LogP contribution in [0.15, 0.2) is 42.5 Å². The molecule has 2 aromatic carbocycles. The number of aromatic nitrogens is 3. The summed E-state index contributed by atoms with van der Waals surface area (Å²) in [5.74, 6) is 0.279. The van der Waals surface area contributed by atoms with Gasteiger partial charge in [0.25, 0.3) is 5.91 Å². The molecule has 2 N–H and O–H groups in total. The van der Waals surface area contributed by atoms with E-state index in [2.05, 4.69) is 21.5 Å². The second-order valence-electron chi connectivity index (χ2n) is 6.31. The zero-order valence-electron chi connectivity index (χ0n) is 15.2. The Balaban J connectivity index is 2.14. The van der Waals surface area contributed by atoms with Crippen molar-refractivity contribution >= 4 is 5.91 Å². The minimum Gasteiger partial charge on any atom is -0.395 e. The lowest BCUT2D eigenvalue weighted by atomic mass is 10.1. The Kier molecular flexibility index (Phi) is 5.14. The molecule has 0 aliphatic rings. The molecule has 0 bridgehead atoms. The van der Waals surface area contributed by atoms with Gasteiger partial charge >= 0.3 is 0 Å². The zero-order valence-corrected chi connectivity index (χ0v) is 15.2. The second kappa shape index (κ2) is 7.49. The molecular formula is C20H22N4O2. The van der Waals surface area contributed by atoms with Gasteiger partial charge in [-0.1, -0.05) is 41.5 Å². The van der Waals surface area contributed by atoms with Crippen molar-refractivity contribution < 1.29 is 9.90 Å². The minimum absolute atomic E-state index is 0.0786. The van der Waals surface area contributed by atoms with Gasteiger partial charge in [0.2, 0.25) is 5.82 Å². The number of hydrogen-bond acceptors (Lipinski definition) is 4. The molecule has 0 fully saturated rings. The van der Waals surface area contributed by atoms with Crippen LogP contribution in [-0.2, 0) is 0 Å². The number of carbonyl (C=O) groups is 1. The van der Waals surface area contributed by atoms with E-state index < -0.39 is 5.91 Å². The average Bonchev–Trinajstić information content (AvgIpc) is 3.05. The van der Waals surface area contributed by atoms with Crippen molar-refractivity contribution in [2.45, 2.75) is 20.8 Å². The van der Waals surface area contributed by atoms with Crippen LogP contribution in [0.2, 0.25) is 0 Å². The Morgan fingerprint density at radius 3 is 2.58 bits per heavy atom. The van der Waals surface area contributed by atoms with Gasteiger partial charge in [0.05, 0.1) is 12.3 Å². The Morgan fingerprint density at radius 1 is 1.12 bits per heavy atom. The Hall–Kier alpha value is -2.99. The third kappa shape index (κ3) is 3.65. The summed E-state index contributed by atoms with van der Waals surface area (Å²) >= 11 is 0. The second-order valence-corrected chi connectivity index (χ2v) is 6.31. The molecule has 0 aliphatic carbocycles. The van der Waals surface area contributed by atoms with Gasteiger partial charge in [-0.05, 0) is 38.5 Å². The first-order valence-corrected chi connectivity index (χ1v) is 8.50. The van der Waals surface area contributed by atoms with Crippen LogP contribution < -0.4 is 5.32 Å². The predicted octanol–water partition coefficient (Wildman–Crippen LogP) is 2.58. The first kappa shape index (κ1) is 17.8. The largest absolute Gasteiger partial charge is 0.395 e. The molecule has 0 saturated heterocycles. The van der Waals surface area contributed by atoms with Crippen LogP contribution in [0, 0.1) is 20.8 Å². The molecule has 0 aliphatic heterocycles. The van der Waals surface area contributed by atoms with Gasteiger partial charge < -0.3 is 10.4 Å². The fourth-order valence-corrected chi connectivity index (χ4v) is 2.84. The van der Waals surface area contributed by atoms with Gasteiger partial charge in [-0.25, -0.2) is 9.67 Å². The summed E-state index contributed by atoms with van der Waals surface area (Å²) in [5, 5.41) is 16.0. The lowest BCUT2D eigenvalue weighted by molar-refractivity contribution is 0.0934. The molecule has 6 nitrogen and oxygen atoms in total. The Labute approximate surface area is 152 Å². The van der Waals surface area contributed by atoms with E-state index in [1.807, 2.05) is 57.2 Å². The fraction of sp³-hybridized carbons (Fsp3) is 0.250. The maximum atomic E-state index is 12.3. The van der Waals surface area contributed by atoms with E-state index in [0.717, 1.165) is 27.9 Å². The van der Waals surface area contributed by atoms with Crippen molar-refractivity contribution in [2.75, 3.05) is 13.2 Å². The molecular weight excluding hydrogens is 328 g/mol. The summed E-state index contributed by atoms with van der Waals surface area (Å²) in [5.41, 5.74) is 5.07. The maximum Gasteiger partial charge on any atom is 0.291 e. The molecule has 1 aromatic heterocycles. The quantitative estimate of drug-likeness (QED) is 0.741. The average molecular weight is 350 g/mol. The highest BCUT2D eigenvalue weighted by molar-refractivity contribution is 5.91. The SMILES string of the molecule is Cc1cccc(-c2nc(C(=O)NCCO)nn2-c2ccc(C)cc2C)c1. The van der Waals surface area contributed by atoms with Crippen LogP contribution in [-0.4, -0.2) is 38.9 Å². The van der Waals surface area contributed by atoms with Crippen molar-refractivity contribution in [1.82, 2.24) is 20.1 Å². The summed E-state index contributed by atoms with van der Waals surface area (Å²) in [6, 6.07) is 14.0. The minimum atomic E-state index is -0.406. The van der Waals surface area contributed by atoms with Crippen molar-refractivity contribution in [1.29, 1.82) is 0 Å². The molecule has 1 amide bonds. The van der Waals surface area contributed by atoms with Crippen molar-refractivity contribution in [3.8, 4) is 17.1 Å². The van der Waals surface area contributed by atoms with Crippen LogP contribution in [0.3, 0.4) is 0 Å². The van der Waals surface area contributed by atoms with Crippen LogP contribution in [0.1, 0.15) is 27.3 Å². The molecule has 1 heterocycles. The maximum absolute atomic E-state index is 12.3. The molecule has 3 rings (SSSR count). The third-order valence-electron chi connectivity index (χ3n) is 4.06. The number of amides is 1. The summed E-state index contributed by atoms with van der Waals surface area (Å²) in [7, 11) is 0. The summed E-state index contributed by atoms with van der Waals surface area (Å²) in [6.45, 7) is 6.09. The number of carbonyl (C=O) groups excluding carboxylic acids is 1. The molecule has 26 heavy (non-hydrogen) atoms. The molecule has 0 radical (unpaired) electrons. The van der Waals surface area contributed by atoms with Gasteiger partial charge in [0, 0.05) is 12.1 Å². The highest BCUT2D eigenvalue weighted by Gasteiger charge is 2.19. The van der Waals surface area contributed by atoms with E-state index in [9.17, 15) is 4.79 Å². The molecule has 0 saturated carbocycles. The summed E-state index contributed by atoms with van der Waals surface area (Å²) < 4.78 is 1.71. The number of nitrogens with one attached hydrogen (secondary N) is 1. The van der Waals surface area contributed by atoms with Gasteiger partial charge in [-0.3, -0.25) is 4.79 Å². The molecule has 3 aromatic rings. The standard InChI is InChI=1S/C20H22N4O2/c1-13-5-4-6-16(12-13)19-22-18(20(26)21-9-10-25)23-24(19)17-8-7-14(2)11-15(17)3/h4-8,11-12,25H,9-10H2,1-3H3,(H,21,26). The highest BCUT2D eigenvalue weighted by atomic mass is 16.3. The van der Waals surface area contributed by atoms with E-state index in [4.69, 9.17) is 5.11 Å². The van der Waals surface area contributed by atoms with E-state index in [0.29, 0.717) is 5.82 Å². The van der Waals surface area contributed by atoms with Gasteiger partial charge in [0.1, 0.15) is 0 Å². The predicted molar refractivity (Wildman–Crippen MR) is 100 cm³/mol. The summed E-state index contributed by atoms with van der Waals surface area (Å²) in [4.78, 5) is 16.7. The van der Waals surface area contributed by atoms with E-state index in [1.54, 1.807) is 4.68 Å².